The number of carbonyl (C=O) groups excluding carboxylic acids is 1. The largest absolute Gasteiger partial charge is 0.289 e. The third kappa shape index (κ3) is 9.04. The first-order valence-corrected chi connectivity index (χ1v) is 8.24. The molecule has 0 aliphatic rings. The van der Waals surface area contributed by atoms with Crippen molar-refractivity contribution in [3.8, 4) is 0 Å². The Morgan fingerprint density at radius 3 is 1.89 bits per heavy atom. The van der Waals surface area contributed by atoms with Gasteiger partial charge in [0.1, 0.15) is 0 Å². The van der Waals surface area contributed by atoms with Gasteiger partial charge in [0, 0.05) is 19.0 Å². The molecule has 0 aromatic heterocycles. The molecule has 0 aliphatic heterocycles. The Kier molecular flexibility index (Phi) is 12.1. The molecule has 1 amide bonds. The molecular weight excluding hydrogens is 236 g/mol. The Balaban J connectivity index is 4.23. The van der Waals surface area contributed by atoms with Crippen LogP contribution in [0, 0.1) is 5.92 Å². The highest BCUT2D eigenvalue weighted by atomic mass is 16.2. The molecule has 1 atom stereocenters. The number of nitrogens with one attached hydrogen (secondary N) is 1. The second-order valence-electron chi connectivity index (χ2n) is 5.42. The number of nitrogens with zero attached hydrogens (tertiary/aromatic N) is 1. The molecule has 114 valence electrons. The SMILES string of the molecule is CCCCC(CC)C(=O)NN(CCCC)CCCC. The van der Waals surface area contributed by atoms with E-state index >= 15 is 0 Å². The number of hydrogen-bond acceptors (Lipinski definition) is 2. The van der Waals surface area contributed by atoms with Crippen molar-refractivity contribution in [3.05, 3.63) is 0 Å². The van der Waals surface area contributed by atoms with Crippen molar-refractivity contribution in [2.45, 2.75) is 79.1 Å². The van der Waals surface area contributed by atoms with Gasteiger partial charge < -0.3 is 0 Å². The first-order chi connectivity index (χ1) is 9.19. The van der Waals surface area contributed by atoms with Crippen LogP contribution in [0.15, 0.2) is 0 Å². The van der Waals surface area contributed by atoms with E-state index in [1.165, 1.54) is 19.3 Å². The molecule has 0 bridgehead atoms. The molecule has 0 saturated heterocycles. The second kappa shape index (κ2) is 12.5. The summed E-state index contributed by atoms with van der Waals surface area (Å²) < 4.78 is 0. The molecule has 0 rings (SSSR count). The maximum absolute atomic E-state index is 12.3. The van der Waals surface area contributed by atoms with Crippen molar-refractivity contribution >= 4 is 5.91 Å². The normalized spacial score (nSPS) is 12.7. The van der Waals surface area contributed by atoms with Crippen LogP contribution in [0.1, 0.15) is 79.1 Å². The monoisotopic (exact) mass is 270 g/mol. The van der Waals surface area contributed by atoms with E-state index in [1.807, 2.05) is 0 Å². The molecule has 3 nitrogen and oxygen atoms in total. The van der Waals surface area contributed by atoms with Gasteiger partial charge in [-0.1, -0.05) is 53.4 Å². The Bertz CT molecular complexity index is 211. The van der Waals surface area contributed by atoms with E-state index in [1.54, 1.807) is 0 Å². The minimum absolute atomic E-state index is 0.186. The lowest BCUT2D eigenvalue weighted by Crippen LogP contribution is -2.45. The Hall–Kier alpha value is -0.570. The van der Waals surface area contributed by atoms with E-state index in [9.17, 15) is 4.79 Å². The van der Waals surface area contributed by atoms with Crippen LogP contribution in [0.2, 0.25) is 0 Å². The molecule has 19 heavy (non-hydrogen) atoms. The van der Waals surface area contributed by atoms with Crippen LogP contribution in [0.5, 0.6) is 0 Å². The quantitative estimate of drug-likeness (QED) is 0.541. The van der Waals surface area contributed by atoms with E-state index < -0.39 is 0 Å². The number of hydrazine groups is 1. The van der Waals surface area contributed by atoms with E-state index in [0.29, 0.717) is 0 Å². The molecule has 0 aromatic rings. The third-order valence-electron chi connectivity index (χ3n) is 3.60. The first-order valence-electron chi connectivity index (χ1n) is 8.24. The summed E-state index contributed by atoms with van der Waals surface area (Å²) in [7, 11) is 0. The summed E-state index contributed by atoms with van der Waals surface area (Å²) in [4.78, 5) is 12.3. The minimum Gasteiger partial charge on any atom is -0.289 e. The van der Waals surface area contributed by atoms with Gasteiger partial charge in [0.05, 0.1) is 0 Å². The summed E-state index contributed by atoms with van der Waals surface area (Å²) in [6.07, 6.45) is 8.92. The highest BCUT2D eigenvalue weighted by Crippen LogP contribution is 2.13. The van der Waals surface area contributed by atoms with E-state index in [0.717, 1.165) is 45.2 Å². The van der Waals surface area contributed by atoms with Crippen molar-refractivity contribution < 1.29 is 4.79 Å². The molecule has 3 heteroatoms. The molecule has 0 saturated carbocycles. The molecule has 0 radical (unpaired) electrons. The van der Waals surface area contributed by atoms with Gasteiger partial charge in [-0.25, -0.2) is 5.01 Å². The van der Waals surface area contributed by atoms with Crippen molar-refractivity contribution in [2.24, 2.45) is 5.92 Å². The molecular formula is C16H34N2O. The van der Waals surface area contributed by atoms with Crippen LogP contribution in [-0.2, 0) is 4.79 Å². The average molecular weight is 270 g/mol. The number of hydrogen-bond donors (Lipinski definition) is 1. The molecule has 0 aliphatic carbocycles. The molecule has 0 heterocycles. The van der Waals surface area contributed by atoms with Crippen LogP contribution in [0.4, 0.5) is 0 Å². The predicted octanol–water partition coefficient (Wildman–Crippen LogP) is 4.14. The van der Waals surface area contributed by atoms with Crippen LogP contribution in [0.25, 0.3) is 0 Å². The zero-order valence-electron chi connectivity index (χ0n) is 13.5. The number of unbranched alkanes of at least 4 members (excludes halogenated alkanes) is 3. The lowest BCUT2D eigenvalue weighted by molar-refractivity contribution is -0.130. The van der Waals surface area contributed by atoms with Gasteiger partial charge in [-0.05, 0) is 25.7 Å². The van der Waals surface area contributed by atoms with Crippen LogP contribution in [-0.4, -0.2) is 24.0 Å². The number of carbonyl (C=O) groups is 1. The molecule has 0 aromatic carbocycles. The molecule has 1 unspecified atom stereocenters. The fraction of sp³-hybridized carbons (Fsp3) is 0.938. The fourth-order valence-corrected chi connectivity index (χ4v) is 2.14. The summed E-state index contributed by atoms with van der Waals surface area (Å²) in [6.45, 7) is 10.6. The minimum atomic E-state index is 0.186. The van der Waals surface area contributed by atoms with Gasteiger partial charge >= 0.3 is 0 Å². The first kappa shape index (κ1) is 18.4. The zero-order chi connectivity index (χ0) is 14.5. The molecule has 1 N–H and O–H groups in total. The van der Waals surface area contributed by atoms with Crippen LogP contribution < -0.4 is 5.43 Å². The summed E-state index contributed by atoms with van der Waals surface area (Å²) in [6, 6.07) is 0. The number of rotatable bonds is 12. The Morgan fingerprint density at radius 1 is 0.947 bits per heavy atom. The van der Waals surface area contributed by atoms with Gasteiger partial charge in [0.25, 0.3) is 0 Å². The lowest BCUT2D eigenvalue weighted by Gasteiger charge is -2.25. The second-order valence-corrected chi connectivity index (χ2v) is 5.42. The molecule has 0 fully saturated rings. The topological polar surface area (TPSA) is 32.3 Å². The van der Waals surface area contributed by atoms with E-state index in [4.69, 9.17) is 0 Å². The van der Waals surface area contributed by atoms with Gasteiger partial charge in [-0.3, -0.25) is 10.2 Å². The highest BCUT2D eigenvalue weighted by Gasteiger charge is 2.17. The predicted molar refractivity (Wildman–Crippen MR) is 82.8 cm³/mol. The Labute approximate surface area is 120 Å². The maximum atomic E-state index is 12.3. The van der Waals surface area contributed by atoms with Crippen LogP contribution >= 0.6 is 0 Å². The third-order valence-corrected chi connectivity index (χ3v) is 3.60. The molecule has 0 spiro atoms. The number of amides is 1. The average Bonchev–Trinajstić information content (AvgIpc) is 2.42. The smallest absolute Gasteiger partial charge is 0.237 e. The summed E-state index contributed by atoms with van der Waals surface area (Å²) in [5, 5.41) is 2.13. The van der Waals surface area contributed by atoms with Crippen molar-refractivity contribution in [3.63, 3.8) is 0 Å². The van der Waals surface area contributed by atoms with Crippen molar-refractivity contribution in [1.29, 1.82) is 0 Å². The zero-order valence-corrected chi connectivity index (χ0v) is 13.5. The lowest BCUT2D eigenvalue weighted by atomic mass is 9.99. The summed E-state index contributed by atoms with van der Waals surface area (Å²) in [5.74, 6) is 0.411. The van der Waals surface area contributed by atoms with Crippen LogP contribution in [0.3, 0.4) is 0 Å². The van der Waals surface area contributed by atoms with Gasteiger partial charge in [-0.15, -0.1) is 0 Å². The maximum Gasteiger partial charge on any atom is 0.237 e. The van der Waals surface area contributed by atoms with Gasteiger partial charge in [-0.2, -0.15) is 0 Å². The van der Waals surface area contributed by atoms with Crippen molar-refractivity contribution in [1.82, 2.24) is 10.4 Å². The van der Waals surface area contributed by atoms with E-state index in [2.05, 4.69) is 38.1 Å². The summed E-state index contributed by atoms with van der Waals surface area (Å²) in [5.41, 5.74) is 3.14. The van der Waals surface area contributed by atoms with Crippen molar-refractivity contribution in [2.75, 3.05) is 13.1 Å². The standard InChI is InChI=1S/C16H34N2O/c1-5-9-12-15(8-4)16(19)17-18(13-10-6-2)14-11-7-3/h15H,5-14H2,1-4H3,(H,17,19). The van der Waals surface area contributed by atoms with Gasteiger partial charge in [0.15, 0.2) is 0 Å². The fourth-order valence-electron chi connectivity index (χ4n) is 2.14. The summed E-state index contributed by atoms with van der Waals surface area (Å²) >= 11 is 0. The Morgan fingerprint density at radius 2 is 1.47 bits per heavy atom. The van der Waals surface area contributed by atoms with E-state index in [-0.39, 0.29) is 11.8 Å². The van der Waals surface area contributed by atoms with Gasteiger partial charge in [0.2, 0.25) is 5.91 Å². The highest BCUT2D eigenvalue weighted by molar-refractivity contribution is 5.78.